The van der Waals surface area contributed by atoms with E-state index in [1.807, 2.05) is 44.2 Å². The van der Waals surface area contributed by atoms with E-state index in [0.29, 0.717) is 33.1 Å². The predicted octanol–water partition coefficient (Wildman–Crippen LogP) is 4.10. The first-order valence-electron chi connectivity index (χ1n) is 9.72. The second kappa shape index (κ2) is 8.65. The van der Waals surface area contributed by atoms with Crippen LogP contribution in [0.15, 0.2) is 48.0 Å². The number of aromatic nitrogens is 4. The van der Waals surface area contributed by atoms with Crippen molar-refractivity contribution in [2.45, 2.75) is 26.3 Å². The van der Waals surface area contributed by atoms with Gasteiger partial charge in [-0.25, -0.2) is 14.6 Å². The van der Waals surface area contributed by atoms with Gasteiger partial charge in [-0.2, -0.15) is 5.10 Å². The van der Waals surface area contributed by atoms with Crippen LogP contribution >= 0.6 is 11.3 Å². The molecule has 4 rings (SSSR count). The molecule has 0 unspecified atom stereocenters. The number of benzene rings is 1. The molecular weight excluding hydrogens is 414 g/mol. The number of fused-ring (bicyclic) bond motifs is 1. The van der Waals surface area contributed by atoms with Crippen LogP contribution in [-0.4, -0.2) is 38.7 Å². The van der Waals surface area contributed by atoms with Crippen LogP contribution in [-0.2, 0) is 16.0 Å². The van der Waals surface area contributed by atoms with E-state index in [0.717, 1.165) is 5.56 Å². The van der Waals surface area contributed by atoms with E-state index in [4.69, 9.17) is 4.98 Å². The number of hydrogen-bond donors (Lipinski definition) is 1. The second-order valence-corrected chi connectivity index (χ2v) is 8.05. The number of ether oxygens (including phenoxy) is 1. The molecule has 0 aliphatic rings. The molecule has 4 aromatic rings. The maximum Gasteiger partial charge on any atom is 0.311 e. The van der Waals surface area contributed by atoms with Gasteiger partial charge in [0.25, 0.3) is 5.91 Å². The second-order valence-electron chi connectivity index (χ2n) is 7.19. The van der Waals surface area contributed by atoms with Crippen molar-refractivity contribution < 1.29 is 14.3 Å². The number of carbonyl (C=O) groups is 2. The van der Waals surface area contributed by atoms with Crippen LogP contribution in [0.25, 0.3) is 22.3 Å². The molecule has 0 radical (unpaired) electrons. The zero-order chi connectivity index (χ0) is 22.0. The molecule has 0 aliphatic carbocycles. The van der Waals surface area contributed by atoms with Crippen LogP contribution in [0.4, 0.5) is 5.13 Å². The molecular formula is C22H21N5O3S. The number of nitrogens with one attached hydrogen (secondary N) is 1. The lowest BCUT2D eigenvalue weighted by molar-refractivity contribution is -0.139. The van der Waals surface area contributed by atoms with Gasteiger partial charge < -0.3 is 4.74 Å². The zero-order valence-electron chi connectivity index (χ0n) is 17.3. The summed E-state index contributed by atoms with van der Waals surface area (Å²) in [6.07, 6.45) is 1.72. The number of pyridine rings is 1. The topological polar surface area (TPSA) is 99.0 Å². The lowest BCUT2D eigenvalue weighted by Crippen LogP contribution is -2.13. The Kier molecular flexibility index (Phi) is 5.77. The van der Waals surface area contributed by atoms with Crippen LogP contribution in [0.3, 0.4) is 0 Å². The fourth-order valence-corrected chi connectivity index (χ4v) is 3.88. The minimum absolute atomic E-state index is 0.0572. The molecule has 158 valence electrons. The number of nitrogens with zero attached hydrogens (tertiary/aromatic N) is 4. The molecule has 0 saturated carbocycles. The Labute approximate surface area is 182 Å². The molecule has 0 fully saturated rings. The average Bonchev–Trinajstić information content (AvgIpc) is 3.40. The quantitative estimate of drug-likeness (QED) is 0.458. The third-order valence-electron chi connectivity index (χ3n) is 4.70. The molecule has 0 spiro atoms. The fourth-order valence-electron chi connectivity index (χ4n) is 3.17. The first-order chi connectivity index (χ1) is 15.0. The molecule has 9 heteroatoms. The lowest BCUT2D eigenvalue weighted by Gasteiger charge is -2.10. The summed E-state index contributed by atoms with van der Waals surface area (Å²) in [5.74, 6) is -0.695. The number of amides is 1. The van der Waals surface area contributed by atoms with Gasteiger partial charge in [0.1, 0.15) is 0 Å². The van der Waals surface area contributed by atoms with Crippen LogP contribution in [0, 0.1) is 0 Å². The third-order valence-corrected chi connectivity index (χ3v) is 5.50. The van der Waals surface area contributed by atoms with Gasteiger partial charge in [0, 0.05) is 17.0 Å². The van der Waals surface area contributed by atoms with Crippen molar-refractivity contribution >= 4 is 39.4 Å². The van der Waals surface area contributed by atoms with Crippen molar-refractivity contribution in [3.05, 3.63) is 59.2 Å². The van der Waals surface area contributed by atoms with Crippen molar-refractivity contribution in [3.63, 3.8) is 0 Å². The summed E-state index contributed by atoms with van der Waals surface area (Å²) >= 11 is 1.25. The number of esters is 1. The van der Waals surface area contributed by atoms with Crippen molar-refractivity contribution in [1.29, 1.82) is 0 Å². The van der Waals surface area contributed by atoms with Crippen LogP contribution in [0.1, 0.15) is 35.9 Å². The first-order valence-corrected chi connectivity index (χ1v) is 10.6. The van der Waals surface area contributed by atoms with Crippen molar-refractivity contribution in [2.24, 2.45) is 0 Å². The number of methoxy groups -OCH3 is 1. The van der Waals surface area contributed by atoms with Gasteiger partial charge in [-0.05, 0) is 19.9 Å². The highest BCUT2D eigenvalue weighted by molar-refractivity contribution is 7.14. The smallest absolute Gasteiger partial charge is 0.311 e. The van der Waals surface area contributed by atoms with Crippen LogP contribution in [0.5, 0.6) is 0 Å². The van der Waals surface area contributed by atoms with E-state index in [2.05, 4.69) is 20.1 Å². The Bertz CT molecular complexity index is 1250. The summed E-state index contributed by atoms with van der Waals surface area (Å²) in [6, 6.07) is 11.5. The highest BCUT2D eigenvalue weighted by Gasteiger charge is 2.19. The Morgan fingerprint density at radius 1 is 1.19 bits per heavy atom. The molecule has 0 bridgehead atoms. The van der Waals surface area contributed by atoms with E-state index < -0.39 is 0 Å². The van der Waals surface area contributed by atoms with Crippen molar-refractivity contribution in [1.82, 2.24) is 19.7 Å². The summed E-state index contributed by atoms with van der Waals surface area (Å²) < 4.78 is 6.46. The van der Waals surface area contributed by atoms with E-state index in [9.17, 15) is 9.59 Å². The van der Waals surface area contributed by atoms with Crippen molar-refractivity contribution in [3.8, 4) is 11.3 Å². The maximum atomic E-state index is 13.2. The van der Waals surface area contributed by atoms with Gasteiger partial charge in [-0.3, -0.25) is 14.9 Å². The van der Waals surface area contributed by atoms with Gasteiger partial charge in [-0.15, -0.1) is 11.3 Å². The Morgan fingerprint density at radius 2 is 1.97 bits per heavy atom. The summed E-state index contributed by atoms with van der Waals surface area (Å²) in [5.41, 5.74) is 3.24. The molecule has 1 N–H and O–H groups in total. The van der Waals surface area contributed by atoms with E-state index >= 15 is 0 Å². The number of rotatable bonds is 6. The van der Waals surface area contributed by atoms with Crippen LogP contribution < -0.4 is 5.32 Å². The number of hydrogen-bond acceptors (Lipinski definition) is 7. The summed E-state index contributed by atoms with van der Waals surface area (Å²) in [4.78, 5) is 33.7. The fraction of sp³-hybridized carbons (Fsp3) is 0.227. The molecule has 0 saturated heterocycles. The minimum atomic E-state index is -0.382. The Hall–Kier alpha value is -3.59. The van der Waals surface area contributed by atoms with Crippen LogP contribution in [0.2, 0.25) is 0 Å². The molecule has 0 atom stereocenters. The summed E-state index contributed by atoms with van der Waals surface area (Å²) in [7, 11) is 1.33. The van der Waals surface area contributed by atoms with Gasteiger partial charge in [-0.1, -0.05) is 30.3 Å². The SMILES string of the molecule is COC(=O)Cc1csc(NC(=O)c2cc(-c3ccccc3)nc3c2cnn3C(C)C)n1. The lowest BCUT2D eigenvalue weighted by atomic mass is 10.1. The summed E-state index contributed by atoms with van der Waals surface area (Å²) in [6.45, 7) is 4.03. The number of anilines is 1. The normalized spacial score (nSPS) is 11.1. The largest absolute Gasteiger partial charge is 0.469 e. The minimum Gasteiger partial charge on any atom is -0.469 e. The first kappa shape index (κ1) is 20.7. The Balaban J connectivity index is 1.72. The highest BCUT2D eigenvalue weighted by Crippen LogP contribution is 2.27. The van der Waals surface area contributed by atoms with Gasteiger partial charge >= 0.3 is 5.97 Å². The molecule has 3 aromatic heterocycles. The zero-order valence-corrected chi connectivity index (χ0v) is 18.1. The molecule has 1 amide bonds. The number of carbonyl (C=O) groups excluding carboxylic acids is 2. The van der Waals surface area contributed by atoms with E-state index in [-0.39, 0.29) is 24.3 Å². The number of thiazole rings is 1. The average molecular weight is 436 g/mol. The maximum absolute atomic E-state index is 13.2. The molecule has 0 aliphatic heterocycles. The molecule has 31 heavy (non-hydrogen) atoms. The molecule has 8 nitrogen and oxygen atoms in total. The standard InChI is InChI=1S/C22H21N5O3S/c1-13(2)27-20-17(11-23-27)16(10-18(25-20)14-7-5-4-6-8-14)21(29)26-22-24-15(12-31-22)9-19(28)30-3/h4-8,10-13H,9H2,1-3H3,(H,24,26,29). The Morgan fingerprint density at radius 3 is 2.68 bits per heavy atom. The van der Waals surface area contributed by atoms with Crippen molar-refractivity contribution in [2.75, 3.05) is 12.4 Å². The highest BCUT2D eigenvalue weighted by atomic mass is 32.1. The molecule has 3 heterocycles. The van der Waals surface area contributed by atoms with Gasteiger partial charge in [0.05, 0.1) is 42.1 Å². The monoisotopic (exact) mass is 435 g/mol. The predicted molar refractivity (Wildman–Crippen MR) is 119 cm³/mol. The van der Waals surface area contributed by atoms with Gasteiger partial charge in [0.15, 0.2) is 10.8 Å². The third kappa shape index (κ3) is 4.31. The summed E-state index contributed by atoms with van der Waals surface area (Å²) in [5, 5.41) is 10.1. The van der Waals surface area contributed by atoms with E-state index in [1.54, 1.807) is 22.3 Å². The van der Waals surface area contributed by atoms with E-state index in [1.165, 1.54) is 18.4 Å². The van der Waals surface area contributed by atoms with Gasteiger partial charge in [0.2, 0.25) is 0 Å². The molecule has 1 aromatic carbocycles.